The van der Waals surface area contributed by atoms with Crippen molar-refractivity contribution in [3.8, 4) is 5.75 Å². The summed E-state index contributed by atoms with van der Waals surface area (Å²) >= 11 is 0. The van der Waals surface area contributed by atoms with Crippen molar-refractivity contribution < 1.29 is 14.6 Å². The number of methoxy groups -OCH3 is 1. The number of hydrogen-bond acceptors (Lipinski definition) is 4. The van der Waals surface area contributed by atoms with Crippen LogP contribution in [0.25, 0.3) is 0 Å². The second-order valence-corrected chi connectivity index (χ2v) is 6.37. The number of aliphatic hydroxyl groups is 1. The lowest BCUT2D eigenvalue weighted by atomic mass is 9.96. The molecule has 0 radical (unpaired) electrons. The fraction of sp³-hybridized carbons (Fsp3) is 0.611. The minimum absolute atomic E-state index is 0. The van der Waals surface area contributed by atoms with E-state index in [1.807, 2.05) is 31.2 Å². The lowest BCUT2D eigenvalue weighted by Gasteiger charge is -2.23. The topological polar surface area (TPSA) is 75.1 Å². The zero-order chi connectivity index (χ0) is 16.9. The predicted molar refractivity (Wildman–Crippen MR) is 109 cm³/mol. The van der Waals surface area contributed by atoms with E-state index in [0.29, 0.717) is 24.8 Å². The standard InChI is InChI=1S/C18H27N3O3.HI/c1-3-19-18(21-15-10-14-8-9-17(15)24-14)20-11-16(22)12-4-6-13(23-2)7-5-12;/h4-7,14-17,22H,3,8-11H2,1-2H3,(H2,19,20,21);1H. The molecule has 4 atom stereocenters. The van der Waals surface area contributed by atoms with Crippen molar-refractivity contribution >= 4 is 29.9 Å². The van der Waals surface area contributed by atoms with E-state index in [2.05, 4.69) is 15.6 Å². The Kier molecular flexibility index (Phi) is 7.77. The third kappa shape index (κ3) is 5.21. The van der Waals surface area contributed by atoms with Crippen LogP contribution < -0.4 is 15.4 Å². The van der Waals surface area contributed by atoms with E-state index in [9.17, 15) is 5.11 Å². The van der Waals surface area contributed by atoms with Crippen molar-refractivity contribution in [3.63, 3.8) is 0 Å². The third-order valence-corrected chi connectivity index (χ3v) is 4.70. The molecule has 1 aromatic carbocycles. The molecular weight excluding hydrogens is 433 g/mol. The number of benzene rings is 1. The van der Waals surface area contributed by atoms with E-state index in [4.69, 9.17) is 9.47 Å². The number of nitrogens with one attached hydrogen (secondary N) is 2. The van der Waals surface area contributed by atoms with Gasteiger partial charge in [0.2, 0.25) is 0 Å². The highest BCUT2D eigenvalue weighted by atomic mass is 127. The molecule has 0 spiro atoms. The van der Waals surface area contributed by atoms with Gasteiger partial charge < -0.3 is 25.2 Å². The summed E-state index contributed by atoms with van der Waals surface area (Å²) in [5.74, 6) is 1.52. The Morgan fingerprint density at radius 2 is 2.12 bits per heavy atom. The summed E-state index contributed by atoms with van der Waals surface area (Å²) < 4.78 is 11.0. The molecule has 2 heterocycles. The summed E-state index contributed by atoms with van der Waals surface area (Å²) in [5, 5.41) is 17.0. The van der Waals surface area contributed by atoms with Crippen molar-refractivity contribution in [1.29, 1.82) is 0 Å². The summed E-state index contributed by atoms with van der Waals surface area (Å²) in [6.07, 6.45) is 3.40. The van der Waals surface area contributed by atoms with Gasteiger partial charge in [-0.1, -0.05) is 12.1 Å². The Morgan fingerprint density at radius 3 is 2.68 bits per heavy atom. The Morgan fingerprint density at radius 1 is 1.36 bits per heavy atom. The molecular formula is C18H28IN3O3. The van der Waals surface area contributed by atoms with Crippen LogP contribution in [0.15, 0.2) is 29.3 Å². The molecule has 3 N–H and O–H groups in total. The average Bonchev–Trinajstić information content (AvgIpc) is 3.22. The Bertz CT molecular complexity index is 567. The van der Waals surface area contributed by atoms with Crippen molar-refractivity contribution in [2.24, 2.45) is 4.99 Å². The molecule has 3 rings (SSSR count). The fourth-order valence-electron chi connectivity index (χ4n) is 3.39. The van der Waals surface area contributed by atoms with Crippen molar-refractivity contribution in [1.82, 2.24) is 10.6 Å². The van der Waals surface area contributed by atoms with Gasteiger partial charge in [0.15, 0.2) is 5.96 Å². The number of ether oxygens (including phenoxy) is 2. The highest BCUT2D eigenvalue weighted by Crippen LogP contribution is 2.34. The maximum Gasteiger partial charge on any atom is 0.191 e. The second kappa shape index (κ2) is 9.59. The van der Waals surface area contributed by atoms with Gasteiger partial charge in [-0.3, -0.25) is 4.99 Å². The van der Waals surface area contributed by atoms with Gasteiger partial charge in [0.25, 0.3) is 0 Å². The zero-order valence-corrected chi connectivity index (χ0v) is 17.1. The van der Waals surface area contributed by atoms with E-state index in [1.165, 1.54) is 6.42 Å². The number of aliphatic imine (C=N–C) groups is 1. The first kappa shape index (κ1) is 20.3. The average molecular weight is 461 g/mol. The van der Waals surface area contributed by atoms with Crippen LogP contribution in [0.4, 0.5) is 0 Å². The molecule has 140 valence electrons. The molecule has 2 saturated heterocycles. The van der Waals surface area contributed by atoms with Crippen LogP contribution in [-0.4, -0.2) is 49.5 Å². The van der Waals surface area contributed by atoms with Crippen LogP contribution in [0.5, 0.6) is 5.75 Å². The maximum absolute atomic E-state index is 10.3. The van der Waals surface area contributed by atoms with Gasteiger partial charge in [0.1, 0.15) is 5.75 Å². The van der Waals surface area contributed by atoms with Crippen LogP contribution in [0.2, 0.25) is 0 Å². The van der Waals surface area contributed by atoms with Crippen LogP contribution in [0.1, 0.15) is 37.9 Å². The number of halogens is 1. The molecule has 4 unspecified atom stereocenters. The zero-order valence-electron chi connectivity index (χ0n) is 14.8. The highest BCUT2D eigenvalue weighted by Gasteiger charge is 2.41. The van der Waals surface area contributed by atoms with Gasteiger partial charge >= 0.3 is 0 Å². The van der Waals surface area contributed by atoms with Gasteiger partial charge in [0, 0.05) is 6.54 Å². The third-order valence-electron chi connectivity index (χ3n) is 4.70. The number of guanidine groups is 1. The number of nitrogens with zero attached hydrogens (tertiary/aromatic N) is 1. The number of rotatable bonds is 6. The minimum Gasteiger partial charge on any atom is -0.497 e. The lowest BCUT2D eigenvalue weighted by molar-refractivity contribution is 0.0992. The molecule has 2 fully saturated rings. The van der Waals surface area contributed by atoms with Crippen LogP contribution >= 0.6 is 24.0 Å². The van der Waals surface area contributed by atoms with E-state index >= 15 is 0 Å². The summed E-state index contributed by atoms with van der Waals surface area (Å²) in [5.41, 5.74) is 0.832. The van der Waals surface area contributed by atoms with Crippen LogP contribution in [0.3, 0.4) is 0 Å². The first-order valence-corrected chi connectivity index (χ1v) is 8.72. The number of aliphatic hydroxyl groups excluding tert-OH is 1. The molecule has 0 saturated carbocycles. The predicted octanol–water partition coefficient (Wildman–Crippen LogP) is 2.22. The fourth-order valence-corrected chi connectivity index (χ4v) is 3.39. The number of fused-ring (bicyclic) bond motifs is 2. The SMILES string of the molecule is CCNC(=NCC(O)c1ccc(OC)cc1)NC1CC2CCC1O2.I. The van der Waals surface area contributed by atoms with Gasteiger partial charge in [-0.25, -0.2) is 0 Å². The molecule has 0 amide bonds. The summed E-state index contributed by atoms with van der Waals surface area (Å²) in [6, 6.07) is 7.74. The molecule has 2 aliphatic rings. The lowest BCUT2D eigenvalue weighted by Crippen LogP contribution is -2.47. The highest BCUT2D eigenvalue weighted by molar-refractivity contribution is 14.0. The second-order valence-electron chi connectivity index (χ2n) is 6.37. The monoisotopic (exact) mass is 461 g/mol. The van der Waals surface area contributed by atoms with Crippen molar-refractivity contribution in [2.75, 3.05) is 20.2 Å². The molecule has 2 aliphatic heterocycles. The molecule has 6 nitrogen and oxygen atoms in total. The van der Waals surface area contributed by atoms with Crippen molar-refractivity contribution in [2.45, 2.75) is 50.5 Å². The maximum atomic E-state index is 10.3. The first-order chi connectivity index (χ1) is 11.7. The molecule has 0 aromatic heterocycles. The van der Waals surface area contributed by atoms with Gasteiger partial charge in [-0.15, -0.1) is 24.0 Å². The number of hydrogen-bond donors (Lipinski definition) is 3. The molecule has 7 heteroatoms. The minimum atomic E-state index is -0.636. The van der Waals surface area contributed by atoms with E-state index in [-0.39, 0.29) is 24.0 Å². The summed E-state index contributed by atoms with van der Waals surface area (Å²) in [7, 11) is 1.63. The quantitative estimate of drug-likeness (QED) is 0.344. The summed E-state index contributed by atoms with van der Waals surface area (Å²) in [4.78, 5) is 4.54. The normalized spacial score (nSPS) is 26.0. The Labute approximate surface area is 166 Å². The first-order valence-electron chi connectivity index (χ1n) is 8.72. The van der Waals surface area contributed by atoms with Gasteiger partial charge in [-0.05, 0) is 43.9 Å². The van der Waals surface area contributed by atoms with Crippen molar-refractivity contribution in [3.05, 3.63) is 29.8 Å². The molecule has 25 heavy (non-hydrogen) atoms. The molecule has 1 aromatic rings. The largest absolute Gasteiger partial charge is 0.497 e. The molecule has 0 aliphatic carbocycles. The smallest absolute Gasteiger partial charge is 0.191 e. The Balaban J connectivity index is 0.00000225. The van der Waals surface area contributed by atoms with Crippen LogP contribution in [-0.2, 0) is 4.74 Å². The van der Waals surface area contributed by atoms with Gasteiger partial charge in [-0.2, -0.15) is 0 Å². The van der Waals surface area contributed by atoms with E-state index in [0.717, 1.165) is 36.7 Å². The summed E-state index contributed by atoms with van der Waals surface area (Å²) in [6.45, 7) is 3.13. The van der Waals surface area contributed by atoms with E-state index < -0.39 is 6.10 Å². The molecule has 2 bridgehead atoms. The van der Waals surface area contributed by atoms with Crippen LogP contribution in [0, 0.1) is 0 Å². The van der Waals surface area contributed by atoms with E-state index in [1.54, 1.807) is 7.11 Å². The van der Waals surface area contributed by atoms with Gasteiger partial charge in [0.05, 0.1) is 38.0 Å². The Hall–Kier alpha value is -1.06.